The van der Waals surface area contributed by atoms with Gasteiger partial charge in [-0.05, 0) is 30.5 Å². The van der Waals surface area contributed by atoms with E-state index in [0.29, 0.717) is 31.6 Å². The van der Waals surface area contributed by atoms with Gasteiger partial charge in [0.25, 0.3) is 0 Å². The van der Waals surface area contributed by atoms with Crippen LogP contribution in [0.3, 0.4) is 0 Å². The molecule has 2 fully saturated rings. The number of halogens is 3. The number of amides is 1. The molecule has 2 heterocycles. The first kappa shape index (κ1) is 16.3. The van der Waals surface area contributed by atoms with Crippen LogP contribution in [0.1, 0.15) is 30.0 Å². The van der Waals surface area contributed by atoms with Crippen LogP contribution in [0.5, 0.6) is 0 Å². The summed E-state index contributed by atoms with van der Waals surface area (Å²) in [6, 6.07) is 4.41. The normalized spacial score (nSPS) is 28.3. The maximum absolute atomic E-state index is 12.6. The fraction of sp³-hybridized carbons (Fsp3) is 0.562. The van der Waals surface area contributed by atoms with E-state index < -0.39 is 17.8 Å². The van der Waals surface area contributed by atoms with Crippen molar-refractivity contribution in [3.8, 4) is 0 Å². The lowest BCUT2D eigenvalue weighted by molar-refractivity contribution is -0.138. The molecule has 3 atom stereocenters. The number of carbonyl (C=O) groups is 1. The molecule has 4 nitrogen and oxygen atoms in total. The van der Waals surface area contributed by atoms with Crippen molar-refractivity contribution >= 4 is 5.91 Å². The number of benzene rings is 1. The number of alkyl halides is 3. The molecule has 0 bridgehead atoms. The van der Waals surface area contributed by atoms with E-state index in [4.69, 9.17) is 4.74 Å². The zero-order valence-corrected chi connectivity index (χ0v) is 12.4. The Bertz CT molecular complexity index is 567. The monoisotopic (exact) mass is 329 g/mol. The number of likely N-dealkylation sites (tertiary alicyclic amines) is 1. The maximum atomic E-state index is 12.6. The number of nitrogens with zero attached hydrogens (tertiary/aromatic N) is 1. The van der Waals surface area contributed by atoms with Crippen molar-refractivity contribution in [2.75, 3.05) is 19.8 Å². The van der Waals surface area contributed by atoms with Crippen molar-refractivity contribution in [2.45, 2.75) is 31.2 Å². The van der Waals surface area contributed by atoms with Crippen LogP contribution >= 0.6 is 0 Å². The molecule has 2 saturated heterocycles. The van der Waals surface area contributed by atoms with Crippen LogP contribution in [0, 0.1) is 5.92 Å². The topological polar surface area (TPSA) is 49.8 Å². The van der Waals surface area contributed by atoms with E-state index in [1.165, 1.54) is 12.1 Å². The van der Waals surface area contributed by atoms with Gasteiger partial charge in [0, 0.05) is 13.2 Å². The number of β-amino-alcohol motifs (C(OH)–C–C–N with tert-alkyl or cyclic N) is 1. The highest BCUT2D eigenvalue weighted by Crippen LogP contribution is 2.36. The number of aliphatic hydroxyl groups excluding tert-OH is 1. The number of hydrogen-bond donors (Lipinski definition) is 1. The number of carbonyl (C=O) groups excluding carboxylic acids is 1. The van der Waals surface area contributed by atoms with Crippen LogP contribution in [0.2, 0.25) is 0 Å². The first-order valence-electron chi connectivity index (χ1n) is 7.59. The highest BCUT2D eigenvalue weighted by atomic mass is 19.4. The second-order valence-electron chi connectivity index (χ2n) is 6.08. The summed E-state index contributed by atoms with van der Waals surface area (Å²) in [6.45, 7) is 1.12. The average molecular weight is 329 g/mol. The third-order valence-electron chi connectivity index (χ3n) is 4.46. The highest BCUT2D eigenvalue weighted by molar-refractivity contribution is 5.80. The van der Waals surface area contributed by atoms with Crippen LogP contribution in [0.4, 0.5) is 13.2 Å². The van der Waals surface area contributed by atoms with Crippen LogP contribution in [-0.2, 0) is 15.7 Å². The van der Waals surface area contributed by atoms with E-state index in [9.17, 15) is 23.1 Å². The summed E-state index contributed by atoms with van der Waals surface area (Å²) in [5, 5.41) is 9.90. The van der Waals surface area contributed by atoms with Gasteiger partial charge in [0.15, 0.2) is 0 Å². The lowest BCUT2D eigenvalue weighted by atomic mass is 10.0. The number of rotatable bonds is 2. The standard InChI is InChI=1S/C16H18F3NO3/c17-16(18,19)12-3-1-10(2-4-12)14-7-13(21)8-20(14)15(22)11-5-6-23-9-11/h1-4,11,13-14,21H,5-9H2. The smallest absolute Gasteiger partial charge is 0.391 e. The Kier molecular flexibility index (Phi) is 4.33. The Morgan fingerprint density at radius 1 is 1.26 bits per heavy atom. The molecule has 2 aliphatic rings. The van der Waals surface area contributed by atoms with Crippen molar-refractivity contribution in [1.82, 2.24) is 4.90 Å². The van der Waals surface area contributed by atoms with E-state index in [2.05, 4.69) is 0 Å². The molecule has 3 rings (SSSR count). The number of aliphatic hydroxyl groups is 1. The van der Waals surface area contributed by atoms with E-state index in [1.54, 1.807) is 4.90 Å². The molecule has 0 aliphatic carbocycles. The van der Waals surface area contributed by atoms with Gasteiger partial charge in [0.2, 0.25) is 5.91 Å². The molecule has 0 radical (unpaired) electrons. The van der Waals surface area contributed by atoms with Gasteiger partial charge in [-0.2, -0.15) is 13.2 Å². The molecule has 0 aromatic heterocycles. The minimum atomic E-state index is -4.38. The molecular weight excluding hydrogens is 311 g/mol. The minimum absolute atomic E-state index is 0.0936. The highest BCUT2D eigenvalue weighted by Gasteiger charge is 2.39. The maximum Gasteiger partial charge on any atom is 0.416 e. The Morgan fingerprint density at radius 3 is 2.52 bits per heavy atom. The summed E-state index contributed by atoms with van der Waals surface area (Å²) < 4.78 is 43.2. The molecule has 3 unspecified atom stereocenters. The van der Waals surface area contributed by atoms with Crippen molar-refractivity contribution in [2.24, 2.45) is 5.92 Å². The van der Waals surface area contributed by atoms with Gasteiger partial charge in [0.1, 0.15) is 0 Å². The predicted octanol–water partition coefficient (Wildman–Crippen LogP) is 2.38. The summed E-state index contributed by atoms with van der Waals surface area (Å²) in [6.07, 6.45) is -4.06. The molecule has 2 aliphatic heterocycles. The average Bonchev–Trinajstić information content (AvgIpc) is 3.15. The number of ether oxygens (including phenoxy) is 1. The zero-order valence-electron chi connectivity index (χ0n) is 12.4. The fourth-order valence-corrected chi connectivity index (χ4v) is 3.23. The molecule has 7 heteroatoms. The first-order chi connectivity index (χ1) is 10.9. The molecule has 0 saturated carbocycles. The van der Waals surface area contributed by atoms with Crippen molar-refractivity contribution in [1.29, 1.82) is 0 Å². The lowest BCUT2D eigenvalue weighted by Gasteiger charge is -2.27. The second kappa shape index (κ2) is 6.13. The zero-order chi connectivity index (χ0) is 16.6. The Hall–Kier alpha value is -1.60. The summed E-state index contributed by atoms with van der Waals surface area (Å²) in [5.41, 5.74) is -0.108. The summed E-state index contributed by atoms with van der Waals surface area (Å²) >= 11 is 0. The van der Waals surface area contributed by atoms with E-state index in [0.717, 1.165) is 12.1 Å². The van der Waals surface area contributed by atoms with E-state index in [1.807, 2.05) is 0 Å². The largest absolute Gasteiger partial charge is 0.416 e. The fourth-order valence-electron chi connectivity index (χ4n) is 3.23. The minimum Gasteiger partial charge on any atom is -0.391 e. The van der Waals surface area contributed by atoms with Gasteiger partial charge in [-0.1, -0.05) is 12.1 Å². The van der Waals surface area contributed by atoms with Crippen LogP contribution in [0.15, 0.2) is 24.3 Å². The molecule has 0 spiro atoms. The molecule has 1 aromatic carbocycles. The SMILES string of the molecule is O=C(C1CCOC1)N1CC(O)CC1c1ccc(C(F)(F)F)cc1. The second-order valence-corrected chi connectivity index (χ2v) is 6.08. The van der Waals surface area contributed by atoms with E-state index in [-0.39, 0.29) is 24.4 Å². The van der Waals surface area contributed by atoms with Crippen molar-refractivity contribution in [3.63, 3.8) is 0 Å². The summed E-state index contributed by atoms with van der Waals surface area (Å²) in [4.78, 5) is 14.1. The number of hydrogen-bond acceptors (Lipinski definition) is 3. The quantitative estimate of drug-likeness (QED) is 0.906. The van der Waals surface area contributed by atoms with E-state index >= 15 is 0 Å². The lowest BCUT2D eigenvalue weighted by Crippen LogP contribution is -2.36. The third-order valence-corrected chi connectivity index (χ3v) is 4.46. The summed E-state index contributed by atoms with van der Waals surface area (Å²) in [7, 11) is 0. The van der Waals surface area contributed by atoms with Gasteiger partial charge in [0.05, 0.1) is 30.2 Å². The summed E-state index contributed by atoms with van der Waals surface area (Å²) in [5.74, 6) is -0.318. The third kappa shape index (κ3) is 3.35. The molecule has 1 amide bonds. The van der Waals surface area contributed by atoms with Crippen LogP contribution in [0.25, 0.3) is 0 Å². The predicted molar refractivity (Wildman–Crippen MR) is 75.4 cm³/mol. The van der Waals surface area contributed by atoms with Gasteiger partial charge in [-0.25, -0.2) is 0 Å². The Labute approximate surface area is 131 Å². The van der Waals surface area contributed by atoms with Gasteiger partial charge in [-0.15, -0.1) is 0 Å². The van der Waals surface area contributed by atoms with Crippen molar-refractivity contribution < 1.29 is 27.8 Å². The van der Waals surface area contributed by atoms with Gasteiger partial charge in [-0.3, -0.25) is 4.79 Å². The van der Waals surface area contributed by atoms with Gasteiger partial charge >= 0.3 is 6.18 Å². The molecule has 1 aromatic rings. The van der Waals surface area contributed by atoms with Crippen LogP contribution < -0.4 is 0 Å². The van der Waals surface area contributed by atoms with Crippen LogP contribution in [-0.4, -0.2) is 41.8 Å². The molecule has 23 heavy (non-hydrogen) atoms. The Balaban J connectivity index is 1.80. The Morgan fingerprint density at radius 2 is 1.96 bits per heavy atom. The first-order valence-corrected chi connectivity index (χ1v) is 7.59. The molecule has 1 N–H and O–H groups in total. The van der Waals surface area contributed by atoms with Gasteiger partial charge < -0.3 is 14.7 Å². The molecular formula is C16H18F3NO3. The molecule has 126 valence electrons. The van der Waals surface area contributed by atoms with Crippen molar-refractivity contribution in [3.05, 3.63) is 35.4 Å².